The predicted molar refractivity (Wildman–Crippen MR) is 71.3 cm³/mol. The zero-order chi connectivity index (χ0) is 13.0. The topological polar surface area (TPSA) is 65.4 Å². The van der Waals surface area contributed by atoms with Crippen LogP contribution in [0.15, 0.2) is 30.3 Å². The van der Waals surface area contributed by atoms with Gasteiger partial charge in [0.2, 0.25) is 0 Å². The molecule has 1 unspecified atom stereocenters. The van der Waals surface area contributed by atoms with E-state index in [2.05, 4.69) is 10.3 Å². The Hall–Kier alpha value is -1.49. The summed E-state index contributed by atoms with van der Waals surface area (Å²) in [7, 11) is 0. The van der Waals surface area contributed by atoms with Gasteiger partial charge in [0.15, 0.2) is 0 Å². The highest BCUT2D eigenvalue weighted by Gasteiger charge is 2.05. The molecule has 0 saturated carbocycles. The minimum absolute atomic E-state index is 0.219. The SMILES string of the molecule is Cc1cc(CNCC(O)CO)c2ccccc2n1. The van der Waals surface area contributed by atoms with Gasteiger partial charge in [0.25, 0.3) is 0 Å². The normalized spacial score (nSPS) is 12.8. The highest BCUT2D eigenvalue weighted by Crippen LogP contribution is 2.17. The zero-order valence-electron chi connectivity index (χ0n) is 10.4. The fourth-order valence-corrected chi connectivity index (χ4v) is 1.98. The lowest BCUT2D eigenvalue weighted by atomic mass is 10.1. The van der Waals surface area contributed by atoms with Crippen molar-refractivity contribution in [2.24, 2.45) is 0 Å². The highest BCUT2D eigenvalue weighted by atomic mass is 16.3. The Morgan fingerprint density at radius 2 is 2.11 bits per heavy atom. The summed E-state index contributed by atoms with van der Waals surface area (Å²) < 4.78 is 0. The van der Waals surface area contributed by atoms with Gasteiger partial charge in [-0.1, -0.05) is 18.2 Å². The lowest BCUT2D eigenvalue weighted by molar-refractivity contribution is 0.0942. The molecule has 0 saturated heterocycles. The third kappa shape index (κ3) is 3.04. The molecule has 0 amide bonds. The largest absolute Gasteiger partial charge is 0.394 e. The quantitative estimate of drug-likeness (QED) is 0.736. The molecule has 4 heteroatoms. The molecule has 0 radical (unpaired) electrons. The summed E-state index contributed by atoms with van der Waals surface area (Å²) in [4.78, 5) is 4.48. The van der Waals surface area contributed by atoms with E-state index < -0.39 is 6.10 Å². The van der Waals surface area contributed by atoms with Crippen LogP contribution in [0.25, 0.3) is 10.9 Å². The molecule has 1 aromatic heterocycles. The molecule has 1 heterocycles. The van der Waals surface area contributed by atoms with E-state index in [0.29, 0.717) is 13.1 Å². The number of nitrogens with zero attached hydrogens (tertiary/aromatic N) is 1. The summed E-state index contributed by atoms with van der Waals surface area (Å²) in [5.41, 5.74) is 3.12. The molecule has 2 rings (SSSR count). The number of para-hydroxylation sites is 1. The van der Waals surface area contributed by atoms with Gasteiger partial charge in [-0.15, -0.1) is 0 Å². The number of hydrogen-bond acceptors (Lipinski definition) is 4. The molecule has 1 aromatic carbocycles. The van der Waals surface area contributed by atoms with Gasteiger partial charge in [0.05, 0.1) is 18.2 Å². The van der Waals surface area contributed by atoms with E-state index in [-0.39, 0.29) is 6.61 Å². The lowest BCUT2D eigenvalue weighted by Gasteiger charge is -2.11. The maximum absolute atomic E-state index is 9.28. The van der Waals surface area contributed by atoms with Crippen LogP contribution in [-0.4, -0.2) is 34.5 Å². The number of aliphatic hydroxyl groups excluding tert-OH is 2. The van der Waals surface area contributed by atoms with Gasteiger partial charge in [0, 0.05) is 24.2 Å². The molecular weight excluding hydrogens is 228 g/mol. The molecule has 1 atom stereocenters. The average molecular weight is 246 g/mol. The molecule has 0 aliphatic rings. The van der Waals surface area contributed by atoms with E-state index in [1.807, 2.05) is 37.3 Å². The second-order valence-corrected chi connectivity index (χ2v) is 4.41. The molecule has 0 fully saturated rings. The molecule has 0 spiro atoms. The number of aromatic nitrogens is 1. The van der Waals surface area contributed by atoms with E-state index in [9.17, 15) is 5.11 Å². The Bertz CT molecular complexity index is 528. The van der Waals surface area contributed by atoms with Crippen molar-refractivity contribution in [1.82, 2.24) is 10.3 Å². The van der Waals surface area contributed by atoms with Crippen LogP contribution in [0.2, 0.25) is 0 Å². The molecule has 3 N–H and O–H groups in total. The second-order valence-electron chi connectivity index (χ2n) is 4.41. The Labute approximate surface area is 106 Å². The molecular formula is C14H18N2O2. The minimum atomic E-state index is -0.709. The number of nitrogens with one attached hydrogen (secondary N) is 1. The number of aryl methyl sites for hydroxylation is 1. The van der Waals surface area contributed by atoms with Crippen LogP contribution >= 0.6 is 0 Å². The Kier molecular flexibility index (Phi) is 4.25. The van der Waals surface area contributed by atoms with Crippen LogP contribution < -0.4 is 5.32 Å². The summed E-state index contributed by atoms with van der Waals surface area (Å²) in [5.74, 6) is 0. The van der Waals surface area contributed by atoms with Gasteiger partial charge in [-0.2, -0.15) is 0 Å². The van der Waals surface area contributed by atoms with Crippen LogP contribution in [0.4, 0.5) is 0 Å². The van der Waals surface area contributed by atoms with Crippen LogP contribution in [0.1, 0.15) is 11.3 Å². The molecule has 18 heavy (non-hydrogen) atoms. The number of aliphatic hydroxyl groups is 2. The number of rotatable bonds is 5. The first-order valence-electron chi connectivity index (χ1n) is 6.05. The third-order valence-corrected chi connectivity index (χ3v) is 2.84. The fourth-order valence-electron chi connectivity index (χ4n) is 1.98. The standard InChI is InChI=1S/C14H18N2O2/c1-10-6-11(7-15-8-12(18)9-17)13-4-2-3-5-14(13)16-10/h2-6,12,15,17-18H,7-9H2,1H3. The third-order valence-electron chi connectivity index (χ3n) is 2.84. The molecule has 0 aliphatic heterocycles. The van der Waals surface area contributed by atoms with E-state index >= 15 is 0 Å². The van der Waals surface area contributed by atoms with Gasteiger partial charge < -0.3 is 15.5 Å². The van der Waals surface area contributed by atoms with Gasteiger partial charge in [0.1, 0.15) is 0 Å². The van der Waals surface area contributed by atoms with Crippen molar-refractivity contribution >= 4 is 10.9 Å². The van der Waals surface area contributed by atoms with Gasteiger partial charge in [-0.3, -0.25) is 4.98 Å². The Balaban J connectivity index is 2.17. The predicted octanol–water partition coefficient (Wildman–Crippen LogP) is 0.986. The molecule has 4 nitrogen and oxygen atoms in total. The fraction of sp³-hybridized carbons (Fsp3) is 0.357. The number of fused-ring (bicyclic) bond motifs is 1. The van der Waals surface area contributed by atoms with E-state index in [4.69, 9.17) is 5.11 Å². The Morgan fingerprint density at radius 3 is 2.89 bits per heavy atom. The molecule has 96 valence electrons. The van der Waals surface area contributed by atoms with Crippen molar-refractivity contribution in [2.45, 2.75) is 19.6 Å². The Morgan fingerprint density at radius 1 is 1.33 bits per heavy atom. The van der Waals surface area contributed by atoms with Gasteiger partial charge in [-0.05, 0) is 24.6 Å². The summed E-state index contributed by atoms with van der Waals surface area (Å²) in [6.45, 7) is 2.79. The molecule has 2 aromatic rings. The summed E-state index contributed by atoms with van der Waals surface area (Å²) in [6.07, 6.45) is -0.709. The van der Waals surface area contributed by atoms with Crippen LogP contribution in [0.5, 0.6) is 0 Å². The monoisotopic (exact) mass is 246 g/mol. The van der Waals surface area contributed by atoms with E-state index in [1.54, 1.807) is 0 Å². The highest BCUT2D eigenvalue weighted by molar-refractivity contribution is 5.82. The number of benzene rings is 1. The van der Waals surface area contributed by atoms with Gasteiger partial charge in [-0.25, -0.2) is 0 Å². The van der Waals surface area contributed by atoms with Crippen molar-refractivity contribution in [2.75, 3.05) is 13.2 Å². The minimum Gasteiger partial charge on any atom is -0.394 e. The lowest BCUT2D eigenvalue weighted by Crippen LogP contribution is -2.29. The smallest absolute Gasteiger partial charge is 0.0895 e. The van der Waals surface area contributed by atoms with Crippen LogP contribution in [0, 0.1) is 6.92 Å². The molecule has 0 aliphatic carbocycles. The zero-order valence-corrected chi connectivity index (χ0v) is 10.4. The summed E-state index contributed by atoms with van der Waals surface area (Å²) >= 11 is 0. The number of pyridine rings is 1. The van der Waals surface area contributed by atoms with Crippen molar-refractivity contribution in [3.63, 3.8) is 0 Å². The maximum Gasteiger partial charge on any atom is 0.0895 e. The number of hydrogen-bond donors (Lipinski definition) is 3. The first-order valence-corrected chi connectivity index (χ1v) is 6.05. The van der Waals surface area contributed by atoms with Crippen LogP contribution in [-0.2, 0) is 6.54 Å². The maximum atomic E-state index is 9.28. The van der Waals surface area contributed by atoms with E-state index in [1.165, 1.54) is 0 Å². The molecule has 0 bridgehead atoms. The van der Waals surface area contributed by atoms with Gasteiger partial charge >= 0.3 is 0 Å². The average Bonchev–Trinajstić information content (AvgIpc) is 2.38. The van der Waals surface area contributed by atoms with E-state index in [0.717, 1.165) is 22.2 Å². The van der Waals surface area contributed by atoms with Crippen LogP contribution in [0.3, 0.4) is 0 Å². The first kappa shape index (κ1) is 13.0. The van der Waals surface area contributed by atoms with Crippen molar-refractivity contribution in [1.29, 1.82) is 0 Å². The second kappa shape index (κ2) is 5.91. The first-order chi connectivity index (χ1) is 8.70. The van der Waals surface area contributed by atoms with Crippen molar-refractivity contribution < 1.29 is 10.2 Å². The van der Waals surface area contributed by atoms with Crippen molar-refractivity contribution in [3.05, 3.63) is 41.6 Å². The summed E-state index contributed by atoms with van der Waals surface area (Å²) in [6, 6.07) is 10.0. The summed E-state index contributed by atoms with van der Waals surface area (Å²) in [5, 5.41) is 22.3. The van der Waals surface area contributed by atoms with Crippen molar-refractivity contribution in [3.8, 4) is 0 Å².